The second-order valence-corrected chi connectivity index (χ2v) is 9.09. The first-order chi connectivity index (χ1) is 18.0. The van der Waals surface area contributed by atoms with Crippen LogP contribution in [0.4, 0.5) is 0 Å². The molecule has 3 amide bonds. The number of carbonyl (C=O) groups excluding carboxylic acids is 3. The van der Waals surface area contributed by atoms with Gasteiger partial charge in [0.25, 0.3) is 11.8 Å². The molecule has 1 fully saturated rings. The zero-order chi connectivity index (χ0) is 25.9. The molecule has 3 aromatic carbocycles. The van der Waals surface area contributed by atoms with Crippen LogP contribution in [0.3, 0.4) is 0 Å². The highest BCUT2D eigenvalue weighted by Crippen LogP contribution is 2.30. The van der Waals surface area contributed by atoms with E-state index in [-0.39, 0.29) is 17.7 Å². The molecule has 8 heteroatoms. The number of methoxy groups -OCH3 is 2. The normalized spacial score (nSPS) is 16.1. The van der Waals surface area contributed by atoms with E-state index in [0.717, 1.165) is 16.3 Å². The van der Waals surface area contributed by atoms with Crippen molar-refractivity contribution >= 4 is 34.6 Å². The van der Waals surface area contributed by atoms with Gasteiger partial charge >= 0.3 is 0 Å². The number of hydrogen-bond acceptors (Lipinski definition) is 6. The largest absolute Gasteiger partial charge is 0.493 e. The predicted octanol–water partition coefficient (Wildman–Crippen LogP) is 3.31. The highest BCUT2D eigenvalue weighted by atomic mass is 16.5. The van der Waals surface area contributed by atoms with Crippen molar-refractivity contribution in [3.05, 3.63) is 77.4 Å². The summed E-state index contributed by atoms with van der Waals surface area (Å²) in [7, 11) is 3.16. The van der Waals surface area contributed by atoms with Gasteiger partial charge in [-0.15, -0.1) is 0 Å². The topological polar surface area (TPSA) is 79.4 Å². The van der Waals surface area contributed by atoms with Crippen molar-refractivity contribution in [2.24, 2.45) is 0 Å². The van der Waals surface area contributed by atoms with Crippen LogP contribution in [0.5, 0.6) is 11.5 Å². The van der Waals surface area contributed by atoms with E-state index in [9.17, 15) is 14.4 Å². The fourth-order valence-corrected chi connectivity index (χ4v) is 4.95. The molecule has 0 saturated carbocycles. The second-order valence-electron chi connectivity index (χ2n) is 9.09. The van der Waals surface area contributed by atoms with Gasteiger partial charge in [-0.3, -0.25) is 24.2 Å². The smallest absolute Gasteiger partial charge is 0.261 e. The van der Waals surface area contributed by atoms with Crippen molar-refractivity contribution < 1.29 is 23.9 Å². The molecule has 0 N–H and O–H groups in total. The lowest BCUT2D eigenvalue weighted by atomic mass is 9.94. The van der Waals surface area contributed by atoms with E-state index >= 15 is 0 Å². The summed E-state index contributed by atoms with van der Waals surface area (Å²) in [5.41, 5.74) is 1.99. The molecule has 37 heavy (non-hydrogen) atoms. The maximum atomic E-state index is 13.1. The van der Waals surface area contributed by atoms with Crippen molar-refractivity contribution in [1.82, 2.24) is 14.7 Å². The minimum Gasteiger partial charge on any atom is -0.493 e. The molecule has 0 aromatic heterocycles. The SMILES string of the molecule is COc1ccc(C=CC(=O)N2CCN(CCN3C(=O)c4cccc5cccc(c45)C3=O)CC2)cc1OC. The number of amides is 3. The van der Waals surface area contributed by atoms with Gasteiger partial charge in [0.2, 0.25) is 5.91 Å². The molecule has 5 rings (SSSR count). The van der Waals surface area contributed by atoms with Crippen LogP contribution in [0.1, 0.15) is 26.3 Å². The van der Waals surface area contributed by atoms with Crippen molar-refractivity contribution in [2.45, 2.75) is 0 Å². The molecule has 2 heterocycles. The van der Waals surface area contributed by atoms with E-state index in [1.165, 1.54) is 4.90 Å². The molecule has 0 atom stereocenters. The third-order valence-corrected chi connectivity index (χ3v) is 7.01. The minimum atomic E-state index is -0.247. The molecule has 2 aliphatic rings. The molecule has 1 saturated heterocycles. The summed E-state index contributed by atoms with van der Waals surface area (Å²) in [4.78, 5) is 44.3. The van der Waals surface area contributed by atoms with Crippen LogP contribution in [-0.4, -0.2) is 85.9 Å². The third kappa shape index (κ3) is 4.80. The molecular weight excluding hydrogens is 470 g/mol. The van der Waals surface area contributed by atoms with E-state index in [0.29, 0.717) is 61.9 Å². The van der Waals surface area contributed by atoms with Gasteiger partial charge in [0.15, 0.2) is 11.5 Å². The lowest BCUT2D eigenvalue weighted by Gasteiger charge is -2.35. The van der Waals surface area contributed by atoms with E-state index < -0.39 is 0 Å². The summed E-state index contributed by atoms with van der Waals surface area (Å²) in [5, 5.41) is 1.64. The number of rotatable bonds is 7. The summed E-state index contributed by atoms with van der Waals surface area (Å²) >= 11 is 0. The molecule has 0 bridgehead atoms. The van der Waals surface area contributed by atoms with Gasteiger partial charge in [0.1, 0.15) is 0 Å². The first kappa shape index (κ1) is 24.5. The Hall–Kier alpha value is -4.17. The van der Waals surface area contributed by atoms with E-state index in [2.05, 4.69) is 4.90 Å². The summed E-state index contributed by atoms with van der Waals surface area (Å²) in [6.07, 6.45) is 3.34. The molecule has 0 unspecified atom stereocenters. The van der Waals surface area contributed by atoms with Gasteiger partial charge in [-0.25, -0.2) is 0 Å². The number of imide groups is 1. The quantitative estimate of drug-likeness (QED) is 0.367. The molecular formula is C29H29N3O5. The first-order valence-corrected chi connectivity index (χ1v) is 12.3. The average Bonchev–Trinajstić information content (AvgIpc) is 2.94. The van der Waals surface area contributed by atoms with Gasteiger partial charge in [0, 0.05) is 61.9 Å². The van der Waals surface area contributed by atoms with Gasteiger partial charge < -0.3 is 14.4 Å². The highest BCUT2D eigenvalue weighted by Gasteiger charge is 2.33. The molecule has 0 radical (unpaired) electrons. The molecule has 0 spiro atoms. The standard InChI is InChI=1S/C29H29N3O5/c1-36-24-11-9-20(19-25(24)37-2)10-12-26(33)31-16-13-30(14-17-31)15-18-32-28(34)22-7-3-5-21-6-4-8-23(27(21)22)29(32)35/h3-12,19H,13-18H2,1-2H3. The van der Waals surface area contributed by atoms with E-state index in [4.69, 9.17) is 9.47 Å². The van der Waals surface area contributed by atoms with Crippen LogP contribution in [0.15, 0.2) is 60.7 Å². The van der Waals surface area contributed by atoms with Crippen LogP contribution < -0.4 is 9.47 Å². The third-order valence-electron chi connectivity index (χ3n) is 7.01. The number of nitrogens with zero attached hydrogens (tertiary/aromatic N) is 3. The summed E-state index contributed by atoms with van der Waals surface area (Å²) in [5.74, 6) is 0.695. The fourth-order valence-electron chi connectivity index (χ4n) is 4.95. The Morgan fingerprint density at radius 3 is 2.11 bits per heavy atom. The van der Waals surface area contributed by atoms with Crippen molar-refractivity contribution in [1.29, 1.82) is 0 Å². The van der Waals surface area contributed by atoms with Gasteiger partial charge in [0.05, 0.1) is 14.2 Å². The highest BCUT2D eigenvalue weighted by molar-refractivity contribution is 6.25. The molecule has 190 valence electrons. The average molecular weight is 500 g/mol. The van der Waals surface area contributed by atoms with E-state index in [1.54, 1.807) is 44.6 Å². The molecule has 0 aliphatic carbocycles. The number of piperazine rings is 1. The Bertz CT molecular complexity index is 1340. The van der Waals surface area contributed by atoms with Crippen LogP contribution >= 0.6 is 0 Å². The Labute approximate surface area is 215 Å². The Morgan fingerprint density at radius 2 is 1.49 bits per heavy atom. The fraction of sp³-hybridized carbons (Fsp3) is 0.276. The Balaban J connectivity index is 1.16. The van der Waals surface area contributed by atoms with Crippen molar-refractivity contribution in [3.63, 3.8) is 0 Å². The number of ether oxygens (including phenoxy) is 2. The van der Waals surface area contributed by atoms with Crippen LogP contribution in [0.25, 0.3) is 16.8 Å². The number of hydrogen-bond donors (Lipinski definition) is 0. The Morgan fingerprint density at radius 1 is 0.838 bits per heavy atom. The van der Waals surface area contributed by atoms with Gasteiger partial charge in [-0.05, 0) is 41.3 Å². The first-order valence-electron chi connectivity index (χ1n) is 12.3. The maximum Gasteiger partial charge on any atom is 0.261 e. The Kier molecular flexibility index (Phi) is 6.92. The minimum absolute atomic E-state index is 0.0551. The van der Waals surface area contributed by atoms with Gasteiger partial charge in [-0.1, -0.05) is 30.3 Å². The summed E-state index contributed by atoms with van der Waals surface area (Å²) in [6, 6.07) is 16.6. The molecule has 8 nitrogen and oxygen atoms in total. The molecule has 3 aromatic rings. The van der Waals surface area contributed by atoms with Crippen LogP contribution in [0.2, 0.25) is 0 Å². The summed E-state index contributed by atoms with van der Waals surface area (Å²) in [6.45, 7) is 3.41. The lowest BCUT2D eigenvalue weighted by Crippen LogP contribution is -2.51. The zero-order valence-electron chi connectivity index (χ0n) is 21.0. The number of carbonyl (C=O) groups is 3. The summed E-state index contributed by atoms with van der Waals surface area (Å²) < 4.78 is 10.6. The zero-order valence-corrected chi connectivity index (χ0v) is 21.0. The second kappa shape index (κ2) is 10.4. The number of benzene rings is 3. The van der Waals surface area contributed by atoms with Crippen molar-refractivity contribution in [3.8, 4) is 11.5 Å². The maximum absolute atomic E-state index is 13.1. The monoisotopic (exact) mass is 499 g/mol. The van der Waals surface area contributed by atoms with Crippen LogP contribution in [-0.2, 0) is 4.79 Å². The molecule has 2 aliphatic heterocycles. The van der Waals surface area contributed by atoms with Crippen LogP contribution in [0, 0.1) is 0 Å². The van der Waals surface area contributed by atoms with Gasteiger partial charge in [-0.2, -0.15) is 0 Å². The van der Waals surface area contributed by atoms with Crippen molar-refractivity contribution in [2.75, 3.05) is 53.5 Å². The predicted molar refractivity (Wildman–Crippen MR) is 141 cm³/mol. The lowest BCUT2D eigenvalue weighted by molar-refractivity contribution is -0.127. The van der Waals surface area contributed by atoms with E-state index in [1.807, 2.05) is 41.3 Å².